The number of anilines is 1. The molecule has 2 amide bonds. The first-order valence-electron chi connectivity index (χ1n) is 9.18. The fraction of sp³-hybridized carbons (Fsp3) is 0.450. The van der Waals surface area contributed by atoms with Crippen LogP contribution in [0.5, 0.6) is 0 Å². The molecule has 0 aliphatic carbocycles. The molecule has 0 saturated carbocycles. The van der Waals surface area contributed by atoms with Gasteiger partial charge in [-0.15, -0.1) is 0 Å². The molecule has 2 fully saturated rings. The third-order valence-corrected chi connectivity index (χ3v) is 5.41. The maximum absolute atomic E-state index is 12.3. The maximum atomic E-state index is 12.3. The summed E-state index contributed by atoms with van der Waals surface area (Å²) in [5.41, 5.74) is 0.829. The minimum atomic E-state index is -0.103. The van der Waals surface area contributed by atoms with Crippen LogP contribution >= 0.6 is 0 Å². The molecule has 2 bridgehead atoms. The zero-order valence-corrected chi connectivity index (χ0v) is 14.4. The highest BCUT2D eigenvalue weighted by Gasteiger charge is 2.38. The second-order valence-corrected chi connectivity index (χ2v) is 7.12. The number of carbonyl (C=O) groups excluding carboxylic acids is 1. The van der Waals surface area contributed by atoms with Crippen molar-refractivity contribution in [3.05, 3.63) is 54.5 Å². The van der Waals surface area contributed by atoms with Crippen LogP contribution in [0, 0.1) is 0 Å². The number of rotatable bonds is 4. The molecule has 5 nitrogen and oxygen atoms in total. The van der Waals surface area contributed by atoms with E-state index in [-0.39, 0.29) is 12.1 Å². The summed E-state index contributed by atoms with van der Waals surface area (Å²) in [7, 11) is 0. The molecular weight excluding hydrogens is 314 g/mol. The van der Waals surface area contributed by atoms with E-state index in [1.165, 1.54) is 19.3 Å². The molecule has 2 unspecified atom stereocenters. The third-order valence-electron chi connectivity index (χ3n) is 5.41. The van der Waals surface area contributed by atoms with Gasteiger partial charge in [0.15, 0.2) is 0 Å². The number of carbonyl (C=O) groups is 1. The smallest absolute Gasteiger partial charge is 0.319 e. The number of hydrogen-bond donors (Lipinski definition) is 2. The maximum Gasteiger partial charge on any atom is 0.319 e. The Labute approximate surface area is 148 Å². The first-order chi connectivity index (χ1) is 12.3. The van der Waals surface area contributed by atoms with Crippen LogP contribution in [-0.2, 0) is 6.54 Å². The predicted octanol–water partition coefficient (Wildman–Crippen LogP) is 3.99. The van der Waals surface area contributed by atoms with Crippen LogP contribution in [0.3, 0.4) is 0 Å². The lowest BCUT2D eigenvalue weighted by molar-refractivity contribution is 0.0150. The number of nitrogens with zero attached hydrogens (tertiary/aromatic N) is 1. The Morgan fingerprint density at radius 3 is 2.52 bits per heavy atom. The number of hydrogen-bond acceptors (Lipinski definition) is 3. The molecular formula is C20H25N3O2. The number of para-hydroxylation sites is 1. The molecule has 132 valence electrons. The van der Waals surface area contributed by atoms with Crippen molar-refractivity contribution in [3.63, 3.8) is 0 Å². The van der Waals surface area contributed by atoms with Gasteiger partial charge in [-0.1, -0.05) is 24.6 Å². The average molecular weight is 339 g/mol. The van der Waals surface area contributed by atoms with E-state index in [2.05, 4.69) is 15.5 Å². The van der Waals surface area contributed by atoms with E-state index < -0.39 is 0 Å². The van der Waals surface area contributed by atoms with Crippen molar-refractivity contribution < 1.29 is 9.21 Å². The Balaban J connectivity index is 1.35. The van der Waals surface area contributed by atoms with E-state index in [1.807, 2.05) is 42.5 Å². The quantitative estimate of drug-likeness (QED) is 0.885. The Bertz CT molecular complexity index is 672. The number of furan rings is 1. The molecule has 2 aliphatic rings. The first kappa shape index (κ1) is 16.2. The number of nitrogens with one attached hydrogen (secondary N) is 2. The van der Waals surface area contributed by atoms with Gasteiger partial charge in [0.2, 0.25) is 0 Å². The second-order valence-electron chi connectivity index (χ2n) is 7.12. The molecule has 2 aromatic rings. The summed E-state index contributed by atoms with van der Waals surface area (Å²) in [6.45, 7) is 0.880. The van der Waals surface area contributed by atoms with Gasteiger partial charge in [-0.25, -0.2) is 4.79 Å². The number of fused-ring (bicyclic) bond motifs is 2. The highest BCUT2D eigenvalue weighted by atomic mass is 16.3. The van der Waals surface area contributed by atoms with Gasteiger partial charge in [-0.3, -0.25) is 4.90 Å². The van der Waals surface area contributed by atoms with E-state index >= 15 is 0 Å². The average Bonchev–Trinajstić information content (AvgIpc) is 3.09. The van der Waals surface area contributed by atoms with Crippen LogP contribution in [0.25, 0.3) is 0 Å². The number of benzene rings is 1. The first-order valence-corrected chi connectivity index (χ1v) is 9.18. The number of piperidine rings is 2. The van der Waals surface area contributed by atoms with E-state index in [1.54, 1.807) is 6.26 Å². The summed E-state index contributed by atoms with van der Waals surface area (Å²) in [5.74, 6) is 1.03. The van der Waals surface area contributed by atoms with Crippen LogP contribution in [0.15, 0.2) is 53.1 Å². The van der Waals surface area contributed by atoms with Gasteiger partial charge in [-0.05, 0) is 49.9 Å². The normalized spacial score (nSPS) is 26.2. The predicted molar refractivity (Wildman–Crippen MR) is 97.3 cm³/mol. The van der Waals surface area contributed by atoms with E-state index in [0.29, 0.717) is 12.1 Å². The molecule has 0 radical (unpaired) electrons. The SMILES string of the molecule is O=C(Nc1ccccc1)NC1CC2CCCC(C1)N2Cc1ccco1. The monoisotopic (exact) mass is 339 g/mol. The summed E-state index contributed by atoms with van der Waals surface area (Å²) in [5, 5.41) is 6.10. The molecule has 1 aromatic heterocycles. The largest absolute Gasteiger partial charge is 0.468 e. The van der Waals surface area contributed by atoms with Crippen molar-refractivity contribution in [2.24, 2.45) is 0 Å². The Hall–Kier alpha value is -2.27. The van der Waals surface area contributed by atoms with Gasteiger partial charge in [0.05, 0.1) is 12.8 Å². The van der Waals surface area contributed by atoms with Crippen LogP contribution < -0.4 is 10.6 Å². The molecule has 2 atom stereocenters. The summed E-state index contributed by atoms with van der Waals surface area (Å²) in [6.07, 6.45) is 7.46. The molecule has 5 heteroatoms. The van der Waals surface area contributed by atoms with Crippen molar-refractivity contribution in [1.29, 1.82) is 0 Å². The Kier molecular flexibility index (Phi) is 4.74. The minimum Gasteiger partial charge on any atom is -0.468 e. The number of amides is 2. The van der Waals surface area contributed by atoms with E-state index in [9.17, 15) is 4.79 Å². The molecule has 0 spiro atoms. The Morgan fingerprint density at radius 1 is 1.08 bits per heavy atom. The Morgan fingerprint density at radius 2 is 1.84 bits per heavy atom. The van der Waals surface area contributed by atoms with Crippen molar-refractivity contribution in [1.82, 2.24) is 10.2 Å². The standard InChI is InChI=1S/C20H25N3O2/c24-20(21-15-6-2-1-3-7-15)22-16-12-17-8-4-9-18(13-16)23(17)14-19-10-5-11-25-19/h1-3,5-7,10-11,16-18H,4,8-9,12-14H2,(H2,21,22,24). The molecule has 1 aromatic carbocycles. The topological polar surface area (TPSA) is 57.5 Å². The molecule has 4 rings (SSSR count). The lowest BCUT2D eigenvalue weighted by Crippen LogP contribution is -2.56. The van der Waals surface area contributed by atoms with Crippen LogP contribution in [-0.4, -0.2) is 29.1 Å². The zero-order valence-electron chi connectivity index (χ0n) is 14.4. The zero-order chi connectivity index (χ0) is 17.1. The fourth-order valence-corrected chi connectivity index (χ4v) is 4.31. The molecule has 2 saturated heterocycles. The highest BCUT2D eigenvalue weighted by Crippen LogP contribution is 2.35. The van der Waals surface area contributed by atoms with Gasteiger partial charge < -0.3 is 15.1 Å². The van der Waals surface area contributed by atoms with Crippen LogP contribution in [0.2, 0.25) is 0 Å². The molecule has 2 aliphatic heterocycles. The summed E-state index contributed by atoms with van der Waals surface area (Å²) in [6, 6.07) is 14.8. The van der Waals surface area contributed by atoms with Gasteiger partial charge in [0.1, 0.15) is 5.76 Å². The van der Waals surface area contributed by atoms with Gasteiger partial charge in [-0.2, -0.15) is 0 Å². The lowest BCUT2D eigenvalue weighted by atomic mass is 9.81. The van der Waals surface area contributed by atoms with E-state index in [0.717, 1.165) is 30.8 Å². The second kappa shape index (κ2) is 7.31. The van der Waals surface area contributed by atoms with Gasteiger partial charge >= 0.3 is 6.03 Å². The molecule has 25 heavy (non-hydrogen) atoms. The van der Waals surface area contributed by atoms with Crippen LogP contribution in [0.4, 0.5) is 10.5 Å². The number of urea groups is 1. The lowest BCUT2D eigenvalue weighted by Gasteiger charge is -2.48. The summed E-state index contributed by atoms with van der Waals surface area (Å²) in [4.78, 5) is 14.9. The van der Waals surface area contributed by atoms with E-state index in [4.69, 9.17) is 4.42 Å². The van der Waals surface area contributed by atoms with Crippen LogP contribution in [0.1, 0.15) is 37.9 Å². The van der Waals surface area contributed by atoms with Gasteiger partial charge in [0, 0.05) is 23.8 Å². The molecule has 3 heterocycles. The highest BCUT2D eigenvalue weighted by molar-refractivity contribution is 5.89. The van der Waals surface area contributed by atoms with Crippen molar-refractivity contribution in [2.45, 2.75) is 56.8 Å². The summed E-state index contributed by atoms with van der Waals surface area (Å²) < 4.78 is 5.54. The van der Waals surface area contributed by atoms with Crippen molar-refractivity contribution in [3.8, 4) is 0 Å². The summed E-state index contributed by atoms with van der Waals surface area (Å²) >= 11 is 0. The van der Waals surface area contributed by atoms with Gasteiger partial charge in [0.25, 0.3) is 0 Å². The molecule has 2 N–H and O–H groups in total. The van der Waals surface area contributed by atoms with Crippen molar-refractivity contribution >= 4 is 11.7 Å². The third kappa shape index (κ3) is 3.87. The van der Waals surface area contributed by atoms with Crippen molar-refractivity contribution in [2.75, 3.05) is 5.32 Å². The minimum absolute atomic E-state index is 0.103. The fourth-order valence-electron chi connectivity index (χ4n) is 4.31.